The van der Waals surface area contributed by atoms with Crippen LogP contribution in [0.2, 0.25) is 5.02 Å². The third kappa shape index (κ3) is 3.58. The molecular weight excluding hydrogens is 272 g/mol. The van der Waals surface area contributed by atoms with Crippen LogP contribution in [-0.4, -0.2) is 20.8 Å². The van der Waals surface area contributed by atoms with E-state index in [1.165, 1.54) is 5.56 Å². The third-order valence-corrected chi connectivity index (χ3v) is 3.95. The maximum Gasteiger partial charge on any atom is 0.0850 e. The molecule has 0 aliphatic rings. The molecule has 2 aromatic heterocycles. The molecule has 0 saturated heterocycles. The van der Waals surface area contributed by atoms with Gasteiger partial charge in [0.05, 0.1) is 16.4 Å². The van der Waals surface area contributed by atoms with Crippen LogP contribution in [0.25, 0.3) is 0 Å². The first-order valence-corrected chi connectivity index (χ1v) is 7.34. The number of hydrogen-bond donors (Lipinski definition) is 1. The van der Waals surface area contributed by atoms with E-state index in [0.29, 0.717) is 0 Å². The first-order valence-electron chi connectivity index (χ1n) is 6.96. The summed E-state index contributed by atoms with van der Waals surface area (Å²) in [5, 5.41) is 5.19. The van der Waals surface area contributed by atoms with Crippen LogP contribution in [0.5, 0.6) is 0 Å². The van der Waals surface area contributed by atoms with Gasteiger partial charge in [0.2, 0.25) is 0 Å². The minimum absolute atomic E-state index is 0.0840. The summed E-state index contributed by atoms with van der Waals surface area (Å²) >= 11 is 6.34. The number of aryl methyl sites for hydroxylation is 3. The standard InChI is InChI=1S/C15H21ClN4/c1-3-13-15(16)14(20(2)19-13)10-12(17)5-4-11-6-8-18-9-7-11/h6-9,12H,3-5,10,17H2,1-2H3. The molecule has 2 heterocycles. The molecule has 2 rings (SSSR count). The highest BCUT2D eigenvalue weighted by atomic mass is 35.5. The van der Waals surface area contributed by atoms with E-state index in [4.69, 9.17) is 17.3 Å². The Morgan fingerprint density at radius 2 is 2.05 bits per heavy atom. The topological polar surface area (TPSA) is 56.7 Å². The number of hydrogen-bond acceptors (Lipinski definition) is 3. The van der Waals surface area contributed by atoms with E-state index in [0.717, 1.165) is 42.1 Å². The normalized spacial score (nSPS) is 12.6. The summed E-state index contributed by atoms with van der Waals surface area (Å²) in [4.78, 5) is 4.02. The summed E-state index contributed by atoms with van der Waals surface area (Å²) in [6.45, 7) is 2.06. The lowest BCUT2D eigenvalue weighted by Crippen LogP contribution is -2.25. The van der Waals surface area contributed by atoms with Crippen LogP contribution < -0.4 is 5.73 Å². The largest absolute Gasteiger partial charge is 0.327 e. The number of nitrogens with two attached hydrogens (primary N) is 1. The van der Waals surface area contributed by atoms with Gasteiger partial charge in [0.25, 0.3) is 0 Å². The maximum absolute atomic E-state index is 6.34. The first kappa shape index (κ1) is 15.0. The Labute approximate surface area is 125 Å². The van der Waals surface area contributed by atoms with Gasteiger partial charge in [-0.25, -0.2) is 0 Å². The van der Waals surface area contributed by atoms with Crippen molar-refractivity contribution in [2.75, 3.05) is 0 Å². The third-order valence-electron chi connectivity index (χ3n) is 3.51. The predicted molar refractivity (Wildman–Crippen MR) is 81.8 cm³/mol. The number of pyridine rings is 1. The molecule has 20 heavy (non-hydrogen) atoms. The van der Waals surface area contributed by atoms with Crippen molar-refractivity contribution in [1.29, 1.82) is 0 Å². The SMILES string of the molecule is CCc1nn(C)c(CC(N)CCc2ccncc2)c1Cl. The number of aromatic nitrogens is 3. The van der Waals surface area contributed by atoms with Crippen molar-refractivity contribution in [3.8, 4) is 0 Å². The number of halogens is 1. The van der Waals surface area contributed by atoms with Gasteiger partial charge < -0.3 is 5.73 Å². The van der Waals surface area contributed by atoms with Crippen molar-refractivity contribution in [3.05, 3.63) is 46.5 Å². The molecule has 4 nitrogen and oxygen atoms in total. The van der Waals surface area contributed by atoms with Crippen molar-refractivity contribution < 1.29 is 0 Å². The lowest BCUT2D eigenvalue weighted by molar-refractivity contribution is 0.577. The second-order valence-corrected chi connectivity index (χ2v) is 5.42. The van der Waals surface area contributed by atoms with E-state index >= 15 is 0 Å². The average Bonchev–Trinajstić information content (AvgIpc) is 2.73. The van der Waals surface area contributed by atoms with Crippen LogP contribution in [0.4, 0.5) is 0 Å². The molecule has 0 bridgehead atoms. The lowest BCUT2D eigenvalue weighted by Gasteiger charge is -2.12. The van der Waals surface area contributed by atoms with Crippen LogP contribution in [0.3, 0.4) is 0 Å². The Bertz CT molecular complexity index is 551. The Hall–Kier alpha value is -1.39. The minimum Gasteiger partial charge on any atom is -0.327 e. The van der Waals surface area contributed by atoms with Crippen LogP contribution in [0, 0.1) is 0 Å². The molecule has 0 radical (unpaired) electrons. The summed E-state index contributed by atoms with van der Waals surface area (Å²) < 4.78 is 1.85. The molecule has 108 valence electrons. The fourth-order valence-corrected chi connectivity index (χ4v) is 2.66. The highest BCUT2D eigenvalue weighted by Crippen LogP contribution is 2.22. The van der Waals surface area contributed by atoms with Crippen molar-refractivity contribution >= 4 is 11.6 Å². The lowest BCUT2D eigenvalue weighted by atomic mass is 10.0. The van der Waals surface area contributed by atoms with Gasteiger partial charge in [-0.3, -0.25) is 9.67 Å². The van der Waals surface area contributed by atoms with Gasteiger partial charge in [-0.15, -0.1) is 0 Å². The van der Waals surface area contributed by atoms with Crippen molar-refractivity contribution in [2.24, 2.45) is 12.8 Å². The van der Waals surface area contributed by atoms with Crippen molar-refractivity contribution in [1.82, 2.24) is 14.8 Å². The molecule has 1 unspecified atom stereocenters. The molecule has 2 aromatic rings. The molecule has 0 spiro atoms. The van der Waals surface area contributed by atoms with Crippen LogP contribution in [0.1, 0.15) is 30.3 Å². The highest BCUT2D eigenvalue weighted by Gasteiger charge is 2.15. The smallest absolute Gasteiger partial charge is 0.0850 e. The first-order chi connectivity index (χ1) is 9.61. The van der Waals surface area contributed by atoms with E-state index in [1.54, 1.807) is 0 Å². The van der Waals surface area contributed by atoms with E-state index in [-0.39, 0.29) is 6.04 Å². The minimum atomic E-state index is 0.0840. The molecule has 0 aliphatic heterocycles. The average molecular weight is 293 g/mol. The molecule has 1 atom stereocenters. The summed E-state index contributed by atoms with van der Waals surface area (Å²) in [6.07, 6.45) is 7.11. The van der Waals surface area contributed by atoms with E-state index in [9.17, 15) is 0 Å². The van der Waals surface area contributed by atoms with Gasteiger partial charge in [0.15, 0.2) is 0 Å². The van der Waals surface area contributed by atoms with Crippen molar-refractivity contribution in [3.63, 3.8) is 0 Å². The molecule has 5 heteroatoms. The second-order valence-electron chi connectivity index (χ2n) is 5.04. The highest BCUT2D eigenvalue weighted by molar-refractivity contribution is 6.31. The molecule has 0 fully saturated rings. The zero-order valence-electron chi connectivity index (χ0n) is 12.0. The monoisotopic (exact) mass is 292 g/mol. The molecule has 0 aliphatic carbocycles. The van der Waals surface area contributed by atoms with E-state index < -0.39 is 0 Å². The fraction of sp³-hybridized carbons (Fsp3) is 0.467. The van der Waals surface area contributed by atoms with Gasteiger partial charge in [0, 0.05) is 31.9 Å². The molecule has 2 N–H and O–H groups in total. The summed E-state index contributed by atoms with van der Waals surface area (Å²) in [6, 6.07) is 4.14. The number of rotatable bonds is 6. The van der Waals surface area contributed by atoms with Crippen molar-refractivity contribution in [2.45, 2.75) is 38.6 Å². The van der Waals surface area contributed by atoms with Crippen LogP contribution >= 0.6 is 11.6 Å². The van der Waals surface area contributed by atoms with E-state index in [1.807, 2.05) is 36.3 Å². The van der Waals surface area contributed by atoms with Gasteiger partial charge in [0.1, 0.15) is 0 Å². The van der Waals surface area contributed by atoms with Crippen LogP contribution in [0.15, 0.2) is 24.5 Å². The Morgan fingerprint density at radius 1 is 1.35 bits per heavy atom. The van der Waals surface area contributed by atoms with Gasteiger partial charge in [-0.2, -0.15) is 5.10 Å². The predicted octanol–water partition coefficient (Wildman–Crippen LogP) is 2.53. The second kappa shape index (κ2) is 6.86. The summed E-state index contributed by atoms with van der Waals surface area (Å²) in [5.74, 6) is 0. The van der Waals surface area contributed by atoms with Gasteiger partial charge in [-0.1, -0.05) is 18.5 Å². The molecular formula is C15H21ClN4. The Balaban J connectivity index is 1.95. The zero-order valence-corrected chi connectivity index (χ0v) is 12.8. The summed E-state index contributed by atoms with van der Waals surface area (Å²) in [5.41, 5.74) is 9.47. The molecule has 0 aromatic carbocycles. The maximum atomic E-state index is 6.34. The Kier molecular flexibility index (Phi) is 5.15. The van der Waals surface area contributed by atoms with Gasteiger partial charge >= 0.3 is 0 Å². The number of nitrogens with zero attached hydrogens (tertiary/aromatic N) is 3. The zero-order chi connectivity index (χ0) is 14.5. The Morgan fingerprint density at radius 3 is 2.65 bits per heavy atom. The fourth-order valence-electron chi connectivity index (χ4n) is 2.29. The molecule has 0 saturated carbocycles. The summed E-state index contributed by atoms with van der Waals surface area (Å²) in [7, 11) is 1.93. The van der Waals surface area contributed by atoms with Crippen LogP contribution in [-0.2, 0) is 26.3 Å². The van der Waals surface area contributed by atoms with Gasteiger partial charge in [-0.05, 0) is 37.0 Å². The quantitative estimate of drug-likeness (QED) is 0.890. The van der Waals surface area contributed by atoms with E-state index in [2.05, 4.69) is 17.0 Å². The molecule has 0 amide bonds.